The highest BCUT2D eigenvalue weighted by atomic mass is 35.5. The van der Waals surface area contributed by atoms with Gasteiger partial charge in [-0.15, -0.1) is 11.8 Å². The molecule has 2 heterocycles. The van der Waals surface area contributed by atoms with Crippen LogP contribution < -0.4 is 10.6 Å². The number of anilines is 1. The van der Waals surface area contributed by atoms with E-state index < -0.39 is 0 Å². The average molecular weight is 428 g/mol. The number of nitrogens with zero attached hydrogens (tertiary/aromatic N) is 5. The summed E-state index contributed by atoms with van der Waals surface area (Å²) in [6.07, 6.45) is 0. The molecule has 2 aromatic carbocycles. The predicted molar refractivity (Wildman–Crippen MR) is 121 cm³/mol. The Morgan fingerprint density at radius 2 is 1.79 bits per heavy atom. The van der Waals surface area contributed by atoms with Crippen LogP contribution in [0.4, 0.5) is 5.69 Å². The first-order chi connectivity index (χ1) is 14.0. The quantitative estimate of drug-likeness (QED) is 0.633. The molecule has 29 heavy (non-hydrogen) atoms. The number of hydrogen-bond acceptors (Lipinski definition) is 5. The van der Waals surface area contributed by atoms with Crippen LogP contribution in [0.25, 0.3) is 5.69 Å². The van der Waals surface area contributed by atoms with Gasteiger partial charge in [0.25, 0.3) is 5.56 Å². The second kappa shape index (κ2) is 8.00. The van der Waals surface area contributed by atoms with Crippen molar-refractivity contribution in [1.82, 2.24) is 14.5 Å². The molecule has 0 N–H and O–H groups in total. The highest BCUT2D eigenvalue weighted by molar-refractivity contribution is 8.00. The van der Waals surface area contributed by atoms with Crippen molar-refractivity contribution in [3.8, 4) is 5.69 Å². The first-order valence-electron chi connectivity index (χ1n) is 9.23. The largest absolute Gasteiger partial charge is 0.297 e. The standard InChI is InChI=1S/C21H22ClN5OS/c1-15-20(21(28)27(24(15)2)18-7-5-4-6-8-18)25(3)26-14-29-13-19(23-26)16-9-11-17(22)12-10-16/h4-12H,13-14H2,1-3H3. The maximum Gasteiger partial charge on any atom is 0.297 e. The summed E-state index contributed by atoms with van der Waals surface area (Å²) < 4.78 is 3.56. The van der Waals surface area contributed by atoms with Gasteiger partial charge in [0.15, 0.2) is 0 Å². The molecule has 0 aliphatic carbocycles. The lowest BCUT2D eigenvalue weighted by atomic mass is 10.1. The zero-order chi connectivity index (χ0) is 20.5. The van der Waals surface area contributed by atoms with Crippen molar-refractivity contribution in [2.75, 3.05) is 23.7 Å². The van der Waals surface area contributed by atoms with E-state index in [1.807, 2.05) is 90.4 Å². The molecule has 1 aromatic heterocycles. The van der Waals surface area contributed by atoms with Crippen molar-refractivity contribution < 1.29 is 0 Å². The molecule has 8 heteroatoms. The average Bonchev–Trinajstić information content (AvgIpc) is 2.97. The zero-order valence-corrected chi connectivity index (χ0v) is 18.1. The summed E-state index contributed by atoms with van der Waals surface area (Å²) in [7, 11) is 3.78. The van der Waals surface area contributed by atoms with Crippen molar-refractivity contribution in [3.05, 3.63) is 81.2 Å². The first kappa shape index (κ1) is 19.7. The van der Waals surface area contributed by atoms with Crippen LogP contribution in [0.1, 0.15) is 11.3 Å². The van der Waals surface area contributed by atoms with Crippen LogP contribution in [0, 0.1) is 6.92 Å². The third-order valence-corrected chi connectivity index (χ3v) is 6.20. The molecule has 0 amide bonds. The van der Waals surface area contributed by atoms with E-state index in [-0.39, 0.29) is 5.56 Å². The van der Waals surface area contributed by atoms with Crippen LogP contribution in [-0.2, 0) is 7.05 Å². The molecule has 3 aromatic rings. The number of benzene rings is 2. The van der Waals surface area contributed by atoms with Crippen molar-refractivity contribution in [1.29, 1.82) is 0 Å². The molecule has 0 radical (unpaired) electrons. The number of halogens is 1. The molecule has 1 aliphatic heterocycles. The molecule has 0 unspecified atom stereocenters. The topological polar surface area (TPSA) is 45.8 Å². The Morgan fingerprint density at radius 1 is 1.10 bits per heavy atom. The molecular formula is C21H22ClN5OS. The van der Waals surface area contributed by atoms with Gasteiger partial charge in [-0.2, -0.15) is 10.2 Å². The van der Waals surface area contributed by atoms with Crippen LogP contribution in [0.2, 0.25) is 5.02 Å². The zero-order valence-electron chi connectivity index (χ0n) is 16.5. The molecule has 0 bridgehead atoms. The maximum atomic E-state index is 13.3. The SMILES string of the molecule is Cc1c(N(C)N2CSCC(c3ccc(Cl)cc3)=N2)c(=O)n(-c2ccccc2)n1C. The highest BCUT2D eigenvalue weighted by Gasteiger charge is 2.25. The Morgan fingerprint density at radius 3 is 2.48 bits per heavy atom. The third kappa shape index (κ3) is 3.68. The predicted octanol–water partition coefficient (Wildman–Crippen LogP) is 3.90. The van der Waals surface area contributed by atoms with Gasteiger partial charge < -0.3 is 0 Å². The van der Waals surface area contributed by atoms with E-state index in [0.717, 1.165) is 28.4 Å². The highest BCUT2D eigenvalue weighted by Crippen LogP contribution is 2.24. The van der Waals surface area contributed by atoms with Crippen LogP contribution in [0.3, 0.4) is 0 Å². The fraction of sp³-hybridized carbons (Fsp3) is 0.238. The van der Waals surface area contributed by atoms with E-state index in [0.29, 0.717) is 16.6 Å². The van der Waals surface area contributed by atoms with Gasteiger partial charge in [0, 0.05) is 24.9 Å². The summed E-state index contributed by atoms with van der Waals surface area (Å²) in [5.74, 6) is 1.49. The normalized spacial score (nSPS) is 14.1. The Bertz CT molecular complexity index is 1100. The van der Waals surface area contributed by atoms with E-state index >= 15 is 0 Å². The van der Waals surface area contributed by atoms with Crippen LogP contribution in [-0.4, -0.2) is 38.9 Å². The Labute approximate surface area is 178 Å². The number of para-hydroxylation sites is 1. The van der Waals surface area contributed by atoms with E-state index in [4.69, 9.17) is 16.7 Å². The molecule has 0 spiro atoms. The van der Waals surface area contributed by atoms with Crippen LogP contribution in [0.5, 0.6) is 0 Å². The van der Waals surface area contributed by atoms with Crippen molar-refractivity contribution in [2.24, 2.45) is 12.1 Å². The van der Waals surface area contributed by atoms with Gasteiger partial charge >= 0.3 is 0 Å². The minimum Gasteiger partial charge on any atom is -0.283 e. The number of rotatable bonds is 4. The summed E-state index contributed by atoms with van der Waals surface area (Å²) in [6, 6.07) is 17.3. The van der Waals surface area contributed by atoms with E-state index in [1.54, 1.807) is 16.4 Å². The van der Waals surface area contributed by atoms with Gasteiger partial charge in [0.1, 0.15) is 11.6 Å². The Balaban J connectivity index is 1.71. The lowest BCUT2D eigenvalue weighted by Gasteiger charge is -2.33. The lowest BCUT2D eigenvalue weighted by molar-refractivity contribution is 0.325. The van der Waals surface area contributed by atoms with Crippen molar-refractivity contribution in [3.63, 3.8) is 0 Å². The van der Waals surface area contributed by atoms with Crippen LogP contribution >= 0.6 is 23.4 Å². The van der Waals surface area contributed by atoms with E-state index in [9.17, 15) is 4.79 Å². The lowest BCUT2D eigenvalue weighted by Crippen LogP contribution is -2.41. The molecule has 0 saturated carbocycles. The van der Waals surface area contributed by atoms with Crippen LogP contribution in [0.15, 0.2) is 64.5 Å². The maximum absolute atomic E-state index is 13.3. The summed E-state index contributed by atoms with van der Waals surface area (Å²) in [5, 5.41) is 9.20. The first-order valence-corrected chi connectivity index (χ1v) is 10.8. The fourth-order valence-corrected chi connectivity index (χ4v) is 4.43. The number of thioether (sulfide) groups is 1. The smallest absolute Gasteiger partial charge is 0.283 e. The summed E-state index contributed by atoms with van der Waals surface area (Å²) in [6.45, 7) is 1.95. The minimum atomic E-state index is -0.0717. The number of hydrazone groups is 1. The number of hydrogen-bond donors (Lipinski definition) is 0. The fourth-order valence-electron chi connectivity index (χ4n) is 3.40. The van der Waals surface area contributed by atoms with E-state index in [2.05, 4.69) is 0 Å². The Hall–Kier alpha value is -2.64. The van der Waals surface area contributed by atoms with Gasteiger partial charge in [-0.25, -0.2) is 4.68 Å². The van der Waals surface area contributed by atoms with Gasteiger partial charge in [0.05, 0.1) is 17.1 Å². The molecular weight excluding hydrogens is 406 g/mol. The van der Waals surface area contributed by atoms with Crippen molar-refractivity contribution in [2.45, 2.75) is 6.92 Å². The molecule has 4 rings (SSSR count). The van der Waals surface area contributed by atoms with Gasteiger partial charge in [-0.3, -0.25) is 14.5 Å². The second-order valence-electron chi connectivity index (χ2n) is 6.84. The summed E-state index contributed by atoms with van der Waals surface area (Å²) in [4.78, 5) is 13.3. The number of hydrazine groups is 1. The second-order valence-corrected chi connectivity index (χ2v) is 8.23. The minimum absolute atomic E-state index is 0.0717. The molecule has 0 fully saturated rings. The Kier molecular flexibility index (Phi) is 5.43. The summed E-state index contributed by atoms with van der Waals surface area (Å²) in [5.41, 5.74) is 4.24. The van der Waals surface area contributed by atoms with Gasteiger partial charge in [0.2, 0.25) is 0 Å². The summed E-state index contributed by atoms with van der Waals surface area (Å²) >= 11 is 7.77. The van der Waals surface area contributed by atoms with Gasteiger partial charge in [-0.05, 0) is 36.8 Å². The molecule has 6 nitrogen and oxygen atoms in total. The van der Waals surface area contributed by atoms with Crippen molar-refractivity contribution >= 4 is 34.8 Å². The molecule has 1 aliphatic rings. The molecule has 0 saturated heterocycles. The molecule has 0 atom stereocenters. The molecule has 150 valence electrons. The monoisotopic (exact) mass is 427 g/mol. The van der Waals surface area contributed by atoms with E-state index in [1.165, 1.54) is 0 Å². The number of aromatic nitrogens is 2. The van der Waals surface area contributed by atoms with Gasteiger partial charge in [-0.1, -0.05) is 41.9 Å². The third-order valence-electron chi connectivity index (χ3n) is 5.05.